The second-order valence-electron chi connectivity index (χ2n) is 8.68. The topological polar surface area (TPSA) is 77.8 Å². The fourth-order valence-electron chi connectivity index (χ4n) is 4.40. The molecule has 0 aliphatic heterocycles. The molecule has 0 amide bonds. The highest BCUT2D eigenvalue weighted by Gasteiger charge is 2.39. The van der Waals surface area contributed by atoms with Crippen LogP contribution in [-0.2, 0) is 4.79 Å². The summed E-state index contributed by atoms with van der Waals surface area (Å²) in [6, 6.07) is 2.14. The molecule has 1 aromatic heterocycles. The zero-order valence-corrected chi connectivity index (χ0v) is 20.8. The molecule has 2 radical (unpaired) electrons. The van der Waals surface area contributed by atoms with Crippen molar-refractivity contribution in [3.63, 3.8) is 0 Å². The molecule has 170 valence electrons. The molecule has 0 spiro atoms. The quantitative estimate of drug-likeness (QED) is 0.194. The third kappa shape index (κ3) is 8.19. The third-order valence-electron chi connectivity index (χ3n) is 6.23. The minimum absolute atomic E-state index is 0.0704. The molecule has 7 heteroatoms. The summed E-state index contributed by atoms with van der Waals surface area (Å²) in [5.41, 5.74) is 0. The van der Waals surface area contributed by atoms with E-state index in [1.165, 1.54) is 9.75 Å². The van der Waals surface area contributed by atoms with Gasteiger partial charge in [0.15, 0.2) is 0 Å². The van der Waals surface area contributed by atoms with E-state index in [0.29, 0.717) is 25.6 Å². The molecule has 1 aliphatic rings. The Morgan fingerprint density at radius 3 is 2.77 bits per heavy atom. The molecule has 1 aromatic rings. The van der Waals surface area contributed by atoms with Gasteiger partial charge in [-0.15, -0.1) is 11.3 Å². The Morgan fingerprint density at radius 1 is 1.42 bits per heavy atom. The number of thiophene rings is 1. The first-order valence-corrected chi connectivity index (χ1v) is 12.7. The standard InChI is InChI=1S/C24H34BBrO4S/c1-15(23-13-21(26)16(2)31-23)11-18(27)9-10-19-17(14-25)12-22(28)20(19)7-5-3-4-6-8-24(29)30/h3,5,9-10,13,15,17-20,22,27-28H,4,6-8,11-12,14H2,1-2H3,(H,29,30)/t15?,17-,18+,19-,20+,22?/m0/s1. The van der Waals surface area contributed by atoms with E-state index in [1.807, 2.05) is 18.2 Å². The van der Waals surface area contributed by atoms with Crippen LogP contribution in [0.2, 0.25) is 6.32 Å². The van der Waals surface area contributed by atoms with Crippen LogP contribution in [0.3, 0.4) is 0 Å². The zero-order valence-electron chi connectivity index (χ0n) is 18.4. The van der Waals surface area contributed by atoms with Gasteiger partial charge >= 0.3 is 5.97 Å². The smallest absolute Gasteiger partial charge is 0.303 e. The molecule has 0 aromatic carbocycles. The van der Waals surface area contributed by atoms with Gasteiger partial charge in [-0.2, -0.15) is 0 Å². The molecular weight excluding hydrogens is 475 g/mol. The summed E-state index contributed by atoms with van der Waals surface area (Å²) in [6.07, 6.45) is 11.1. The first kappa shape index (κ1) is 26.4. The Kier molecular flexibility index (Phi) is 11.0. The van der Waals surface area contributed by atoms with Gasteiger partial charge in [0, 0.05) is 20.6 Å². The molecule has 31 heavy (non-hydrogen) atoms. The van der Waals surface area contributed by atoms with Crippen molar-refractivity contribution in [2.45, 2.75) is 76.8 Å². The van der Waals surface area contributed by atoms with Crippen molar-refractivity contribution in [3.05, 3.63) is 44.6 Å². The number of carboxylic acid groups (broad SMARTS) is 1. The fraction of sp³-hybridized carbons (Fsp3) is 0.625. The number of unbranched alkanes of at least 4 members (excludes halogenated alkanes) is 1. The number of carboxylic acids is 1. The van der Waals surface area contributed by atoms with Crippen LogP contribution in [0.15, 0.2) is 34.8 Å². The van der Waals surface area contributed by atoms with E-state index >= 15 is 0 Å². The van der Waals surface area contributed by atoms with E-state index in [4.69, 9.17) is 13.0 Å². The maximum Gasteiger partial charge on any atom is 0.303 e. The predicted octanol–water partition coefficient (Wildman–Crippen LogP) is 5.63. The Bertz CT molecular complexity index is 743. The van der Waals surface area contributed by atoms with Crippen molar-refractivity contribution in [2.24, 2.45) is 17.8 Å². The Morgan fingerprint density at radius 2 is 2.16 bits per heavy atom. The van der Waals surface area contributed by atoms with Gasteiger partial charge < -0.3 is 15.3 Å². The highest BCUT2D eigenvalue weighted by atomic mass is 79.9. The highest BCUT2D eigenvalue weighted by molar-refractivity contribution is 9.10. The maximum absolute atomic E-state index is 10.6. The normalized spacial score (nSPS) is 26.1. The van der Waals surface area contributed by atoms with Crippen LogP contribution in [-0.4, -0.2) is 41.3 Å². The van der Waals surface area contributed by atoms with Gasteiger partial charge in [0.25, 0.3) is 0 Å². The minimum atomic E-state index is -0.773. The lowest BCUT2D eigenvalue weighted by atomic mass is 9.79. The van der Waals surface area contributed by atoms with Crippen molar-refractivity contribution in [3.8, 4) is 0 Å². The van der Waals surface area contributed by atoms with Gasteiger partial charge in [-0.3, -0.25) is 4.79 Å². The number of hydrogen-bond donors (Lipinski definition) is 3. The van der Waals surface area contributed by atoms with E-state index in [0.717, 1.165) is 17.3 Å². The molecule has 1 aliphatic carbocycles. The summed E-state index contributed by atoms with van der Waals surface area (Å²) in [6.45, 7) is 4.22. The second-order valence-corrected chi connectivity index (χ2v) is 10.8. The first-order chi connectivity index (χ1) is 14.7. The fourth-order valence-corrected chi connectivity index (χ4v) is 6.02. The van der Waals surface area contributed by atoms with Gasteiger partial charge in [-0.1, -0.05) is 37.5 Å². The summed E-state index contributed by atoms with van der Waals surface area (Å²) in [4.78, 5) is 13.1. The number of aliphatic carboxylic acids is 1. The number of rotatable bonds is 12. The van der Waals surface area contributed by atoms with Crippen molar-refractivity contribution in [1.82, 2.24) is 0 Å². The van der Waals surface area contributed by atoms with Crippen LogP contribution >= 0.6 is 27.3 Å². The zero-order chi connectivity index (χ0) is 23.0. The van der Waals surface area contributed by atoms with Crippen molar-refractivity contribution in [1.29, 1.82) is 0 Å². The van der Waals surface area contributed by atoms with Gasteiger partial charge in [0.2, 0.25) is 0 Å². The average molecular weight is 509 g/mol. The molecule has 6 atom stereocenters. The Hall–Kier alpha value is -0.885. The molecule has 1 fully saturated rings. The Balaban J connectivity index is 1.93. The number of aliphatic hydroxyl groups excluding tert-OH is 2. The number of halogens is 1. The van der Waals surface area contributed by atoms with Gasteiger partial charge in [0.1, 0.15) is 0 Å². The van der Waals surface area contributed by atoms with Crippen LogP contribution < -0.4 is 0 Å². The largest absolute Gasteiger partial charge is 0.481 e. The first-order valence-electron chi connectivity index (χ1n) is 11.1. The summed E-state index contributed by atoms with van der Waals surface area (Å²) >= 11 is 5.32. The number of aryl methyl sites for hydroxylation is 1. The van der Waals surface area contributed by atoms with Gasteiger partial charge in [0.05, 0.1) is 20.1 Å². The van der Waals surface area contributed by atoms with Crippen molar-refractivity contribution >= 4 is 41.1 Å². The van der Waals surface area contributed by atoms with E-state index in [1.54, 1.807) is 11.3 Å². The van der Waals surface area contributed by atoms with E-state index < -0.39 is 18.2 Å². The van der Waals surface area contributed by atoms with Crippen molar-refractivity contribution < 1.29 is 20.1 Å². The Labute approximate surface area is 200 Å². The SMILES string of the molecule is [B]C[C@@H]1CC(O)[C@H](CC=CCCCC(=O)O)[C@H]1C=C[C@@H](O)CC(C)c1cc(Br)c(C)s1. The number of allylic oxidation sites excluding steroid dienone is 3. The second kappa shape index (κ2) is 13.0. The number of aliphatic hydroxyl groups is 2. The summed E-state index contributed by atoms with van der Waals surface area (Å²) in [7, 11) is 5.97. The minimum Gasteiger partial charge on any atom is -0.481 e. The lowest BCUT2D eigenvalue weighted by Gasteiger charge is -2.22. The maximum atomic E-state index is 10.6. The molecule has 0 saturated heterocycles. The monoisotopic (exact) mass is 508 g/mol. The predicted molar refractivity (Wildman–Crippen MR) is 132 cm³/mol. The van der Waals surface area contributed by atoms with E-state index in [2.05, 4.69) is 41.9 Å². The van der Waals surface area contributed by atoms with Crippen LogP contribution in [0, 0.1) is 24.7 Å². The van der Waals surface area contributed by atoms with E-state index in [-0.39, 0.29) is 30.1 Å². The van der Waals surface area contributed by atoms with Crippen molar-refractivity contribution in [2.75, 3.05) is 0 Å². The summed E-state index contributed by atoms with van der Waals surface area (Å²) in [5, 5.41) is 29.9. The molecule has 2 rings (SSSR count). The van der Waals surface area contributed by atoms with Crippen LogP contribution in [0.4, 0.5) is 0 Å². The molecule has 0 bridgehead atoms. The lowest BCUT2D eigenvalue weighted by Crippen LogP contribution is -2.19. The molecule has 2 unspecified atom stereocenters. The number of hydrogen-bond acceptors (Lipinski definition) is 4. The third-order valence-corrected chi connectivity index (χ3v) is 8.60. The number of carbonyl (C=O) groups is 1. The molecule has 1 saturated carbocycles. The molecular formula is C24H34BBrO4S. The average Bonchev–Trinajstić information content (AvgIpc) is 3.21. The van der Waals surface area contributed by atoms with Crippen LogP contribution in [0.1, 0.15) is 61.1 Å². The summed E-state index contributed by atoms with van der Waals surface area (Å²) < 4.78 is 1.12. The van der Waals surface area contributed by atoms with E-state index in [9.17, 15) is 15.0 Å². The summed E-state index contributed by atoms with van der Waals surface area (Å²) in [5.74, 6) is -0.103. The van der Waals surface area contributed by atoms with Gasteiger partial charge in [-0.25, -0.2) is 0 Å². The molecule has 4 nitrogen and oxygen atoms in total. The lowest BCUT2D eigenvalue weighted by molar-refractivity contribution is -0.137. The van der Waals surface area contributed by atoms with Crippen LogP contribution in [0.25, 0.3) is 0 Å². The van der Waals surface area contributed by atoms with Crippen LogP contribution in [0.5, 0.6) is 0 Å². The van der Waals surface area contributed by atoms with Gasteiger partial charge in [-0.05, 0) is 84.7 Å². The molecule has 1 heterocycles. The highest BCUT2D eigenvalue weighted by Crippen LogP contribution is 2.42. The molecule has 3 N–H and O–H groups in total.